The Morgan fingerprint density at radius 1 is 1.20 bits per heavy atom. The minimum absolute atomic E-state index is 0.0234. The van der Waals surface area contributed by atoms with Gasteiger partial charge < -0.3 is 19.8 Å². The molecular weight excluding hydrogens is 258 g/mol. The number of rotatable bonds is 9. The standard InChI is InChI=1S/C15H25NO4/c1-12(2)16(18)10-14(17)11-20-15-6-4-13(5-7-15)8-9-19-3/h4-7,12,14,17-18H,8-11H2,1-3H3. The van der Waals surface area contributed by atoms with Gasteiger partial charge in [0.2, 0.25) is 0 Å². The lowest BCUT2D eigenvalue weighted by molar-refractivity contribution is -0.139. The zero-order chi connectivity index (χ0) is 15.0. The molecule has 0 bridgehead atoms. The number of methoxy groups -OCH3 is 1. The summed E-state index contributed by atoms with van der Waals surface area (Å²) >= 11 is 0. The molecule has 0 saturated heterocycles. The van der Waals surface area contributed by atoms with Crippen LogP contribution < -0.4 is 4.74 Å². The zero-order valence-electron chi connectivity index (χ0n) is 12.5. The fourth-order valence-corrected chi connectivity index (χ4v) is 1.64. The molecule has 5 heteroatoms. The molecule has 0 aliphatic heterocycles. The van der Waals surface area contributed by atoms with Gasteiger partial charge in [0, 0.05) is 13.2 Å². The molecule has 0 amide bonds. The maximum Gasteiger partial charge on any atom is 0.119 e. The minimum Gasteiger partial charge on any atom is -0.491 e. The average molecular weight is 283 g/mol. The van der Waals surface area contributed by atoms with E-state index >= 15 is 0 Å². The molecule has 0 radical (unpaired) electrons. The number of nitrogens with zero attached hydrogens (tertiary/aromatic N) is 1. The molecule has 0 heterocycles. The molecule has 5 nitrogen and oxygen atoms in total. The van der Waals surface area contributed by atoms with Crippen molar-refractivity contribution < 1.29 is 19.8 Å². The second kappa shape index (κ2) is 8.92. The summed E-state index contributed by atoms with van der Waals surface area (Å²) in [6, 6.07) is 7.68. The van der Waals surface area contributed by atoms with Crippen LogP contribution in [0.3, 0.4) is 0 Å². The van der Waals surface area contributed by atoms with Crippen LogP contribution >= 0.6 is 0 Å². The molecule has 2 N–H and O–H groups in total. The predicted molar refractivity (Wildman–Crippen MR) is 77.2 cm³/mol. The first-order valence-electron chi connectivity index (χ1n) is 6.87. The molecule has 0 spiro atoms. The molecule has 114 valence electrons. The average Bonchev–Trinajstić information content (AvgIpc) is 2.43. The monoisotopic (exact) mass is 283 g/mol. The third kappa shape index (κ3) is 6.34. The first-order chi connectivity index (χ1) is 9.52. The van der Waals surface area contributed by atoms with Gasteiger partial charge in [-0.3, -0.25) is 0 Å². The number of aliphatic hydroxyl groups is 1. The van der Waals surface area contributed by atoms with Crippen molar-refractivity contribution in [1.29, 1.82) is 0 Å². The normalized spacial score (nSPS) is 12.9. The van der Waals surface area contributed by atoms with Crippen LogP contribution in [-0.4, -0.2) is 54.4 Å². The topological polar surface area (TPSA) is 62.2 Å². The first-order valence-corrected chi connectivity index (χ1v) is 6.87. The van der Waals surface area contributed by atoms with Gasteiger partial charge in [-0.1, -0.05) is 12.1 Å². The summed E-state index contributed by atoms with van der Waals surface area (Å²) in [4.78, 5) is 0. The van der Waals surface area contributed by atoms with Crippen LogP contribution in [-0.2, 0) is 11.2 Å². The number of hydrogen-bond donors (Lipinski definition) is 2. The van der Waals surface area contributed by atoms with Gasteiger partial charge in [-0.15, -0.1) is 0 Å². The van der Waals surface area contributed by atoms with Crippen LogP contribution in [0, 0.1) is 0 Å². The van der Waals surface area contributed by atoms with Gasteiger partial charge in [-0.2, -0.15) is 5.06 Å². The molecule has 0 aliphatic carbocycles. The SMILES string of the molecule is COCCc1ccc(OCC(O)CN(O)C(C)C)cc1. The van der Waals surface area contributed by atoms with E-state index in [1.807, 2.05) is 38.1 Å². The third-order valence-corrected chi connectivity index (χ3v) is 2.95. The maximum atomic E-state index is 9.76. The Hall–Kier alpha value is -1.14. The fourth-order valence-electron chi connectivity index (χ4n) is 1.64. The van der Waals surface area contributed by atoms with Gasteiger partial charge in [0.05, 0.1) is 13.2 Å². The molecule has 0 saturated carbocycles. The lowest BCUT2D eigenvalue weighted by Gasteiger charge is -2.22. The lowest BCUT2D eigenvalue weighted by atomic mass is 10.1. The van der Waals surface area contributed by atoms with E-state index in [1.54, 1.807) is 7.11 Å². The first kappa shape index (κ1) is 16.9. The van der Waals surface area contributed by atoms with E-state index in [4.69, 9.17) is 9.47 Å². The van der Waals surface area contributed by atoms with E-state index < -0.39 is 6.10 Å². The number of benzene rings is 1. The number of hydrogen-bond acceptors (Lipinski definition) is 5. The van der Waals surface area contributed by atoms with Gasteiger partial charge in [0.25, 0.3) is 0 Å². The van der Waals surface area contributed by atoms with Crippen molar-refractivity contribution in [2.24, 2.45) is 0 Å². The van der Waals surface area contributed by atoms with E-state index in [0.717, 1.165) is 11.5 Å². The molecule has 1 aromatic rings. The molecule has 1 unspecified atom stereocenters. The highest BCUT2D eigenvalue weighted by Gasteiger charge is 2.12. The van der Waals surface area contributed by atoms with Crippen LogP contribution in [0.25, 0.3) is 0 Å². The van der Waals surface area contributed by atoms with Crippen molar-refractivity contribution in [3.05, 3.63) is 29.8 Å². The van der Waals surface area contributed by atoms with Gasteiger partial charge >= 0.3 is 0 Å². The zero-order valence-corrected chi connectivity index (χ0v) is 12.5. The Labute approximate surface area is 120 Å². The maximum absolute atomic E-state index is 9.76. The summed E-state index contributed by atoms with van der Waals surface area (Å²) in [5.74, 6) is 0.708. The smallest absolute Gasteiger partial charge is 0.119 e. The molecule has 0 aliphatic rings. The molecule has 1 rings (SSSR count). The molecular formula is C15H25NO4. The molecule has 0 fully saturated rings. The van der Waals surface area contributed by atoms with Crippen molar-refractivity contribution in [1.82, 2.24) is 5.06 Å². The van der Waals surface area contributed by atoms with Gasteiger partial charge in [0.15, 0.2) is 0 Å². The van der Waals surface area contributed by atoms with E-state index in [1.165, 1.54) is 5.56 Å². The summed E-state index contributed by atoms with van der Waals surface area (Å²) in [5, 5.41) is 20.4. The van der Waals surface area contributed by atoms with Crippen molar-refractivity contribution >= 4 is 0 Å². The molecule has 1 atom stereocenters. The summed E-state index contributed by atoms with van der Waals surface area (Å²) in [6.07, 6.45) is 0.142. The highest BCUT2D eigenvalue weighted by Crippen LogP contribution is 2.13. The Morgan fingerprint density at radius 3 is 2.40 bits per heavy atom. The highest BCUT2D eigenvalue weighted by atomic mass is 16.5. The second-order valence-corrected chi connectivity index (χ2v) is 5.07. The molecule has 1 aromatic carbocycles. The van der Waals surface area contributed by atoms with Gasteiger partial charge in [-0.05, 0) is 38.0 Å². The Bertz CT molecular complexity index is 367. The van der Waals surface area contributed by atoms with E-state index in [2.05, 4.69) is 0 Å². The fraction of sp³-hybridized carbons (Fsp3) is 0.600. The van der Waals surface area contributed by atoms with Crippen LogP contribution in [0.4, 0.5) is 0 Å². The Balaban J connectivity index is 2.34. The summed E-state index contributed by atoms with van der Waals surface area (Å²) in [6.45, 7) is 4.73. The van der Waals surface area contributed by atoms with Crippen LogP contribution in [0.1, 0.15) is 19.4 Å². The summed E-state index contributed by atoms with van der Waals surface area (Å²) < 4.78 is 10.5. The quantitative estimate of drug-likeness (QED) is 0.676. The van der Waals surface area contributed by atoms with Crippen LogP contribution in [0.15, 0.2) is 24.3 Å². The van der Waals surface area contributed by atoms with E-state index in [9.17, 15) is 10.3 Å². The van der Waals surface area contributed by atoms with Crippen LogP contribution in [0.2, 0.25) is 0 Å². The number of ether oxygens (including phenoxy) is 2. The largest absolute Gasteiger partial charge is 0.491 e. The minimum atomic E-state index is -0.726. The molecule has 20 heavy (non-hydrogen) atoms. The van der Waals surface area contributed by atoms with E-state index in [-0.39, 0.29) is 19.2 Å². The van der Waals surface area contributed by atoms with Gasteiger partial charge in [0.1, 0.15) is 18.5 Å². The summed E-state index contributed by atoms with van der Waals surface area (Å²) in [7, 11) is 1.68. The number of aliphatic hydroxyl groups excluding tert-OH is 1. The van der Waals surface area contributed by atoms with Gasteiger partial charge in [-0.25, -0.2) is 0 Å². The highest BCUT2D eigenvalue weighted by molar-refractivity contribution is 5.27. The van der Waals surface area contributed by atoms with Crippen molar-refractivity contribution in [2.45, 2.75) is 32.4 Å². The summed E-state index contributed by atoms with van der Waals surface area (Å²) in [5.41, 5.74) is 1.18. The van der Waals surface area contributed by atoms with Crippen LogP contribution in [0.5, 0.6) is 5.75 Å². The van der Waals surface area contributed by atoms with Crippen molar-refractivity contribution in [2.75, 3.05) is 26.9 Å². The molecule has 0 aromatic heterocycles. The predicted octanol–water partition coefficient (Wildman–Crippen LogP) is 1.71. The van der Waals surface area contributed by atoms with E-state index in [0.29, 0.717) is 12.4 Å². The van der Waals surface area contributed by atoms with Crippen molar-refractivity contribution in [3.63, 3.8) is 0 Å². The Kier molecular flexibility index (Phi) is 7.54. The number of hydroxylamine groups is 2. The Morgan fingerprint density at radius 2 is 1.85 bits per heavy atom. The lowest BCUT2D eigenvalue weighted by Crippen LogP contribution is -2.37. The van der Waals surface area contributed by atoms with Crippen molar-refractivity contribution in [3.8, 4) is 5.75 Å². The third-order valence-electron chi connectivity index (χ3n) is 2.95. The second-order valence-electron chi connectivity index (χ2n) is 5.07.